The second-order valence-corrected chi connectivity index (χ2v) is 7.99. The van der Waals surface area contributed by atoms with Crippen LogP contribution in [0.4, 0.5) is 5.69 Å². The van der Waals surface area contributed by atoms with Gasteiger partial charge in [-0.25, -0.2) is 4.68 Å². The molecule has 1 aliphatic rings. The minimum absolute atomic E-state index is 0.0487. The molecule has 28 heavy (non-hydrogen) atoms. The van der Waals surface area contributed by atoms with E-state index in [0.717, 1.165) is 34.6 Å². The lowest BCUT2D eigenvalue weighted by Gasteiger charge is -2.33. The summed E-state index contributed by atoms with van der Waals surface area (Å²) >= 11 is 1.45. The van der Waals surface area contributed by atoms with Crippen molar-refractivity contribution in [1.82, 2.24) is 14.9 Å². The molecule has 0 saturated heterocycles. The quantitative estimate of drug-likeness (QED) is 0.704. The topological polar surface area (TPSA) is 71.8 Å². The number of benzene rings is 2. The Balaban J connectivity index is 1.68. The minimum atomic E-state index is -0.372. The van der Waals surface area contributed by atoms with Gasteiger partial charge in [0, 0.05) is 12.1 Å². The second-order valence-electron chi connectivity index (χ2n) is 6.88. The zero-order valence-corrected chi connectivity index (χ0v) is 17.0. The standard InChI is InChI=1S/C21H23N5OS/c1-4-17-23-24-21-26(17)25-18(15-10-6-5-7-11-15)19(28-21)20(27)22-16-12-8-9-13(2)14(16)3/h5-12,18-19,25H,4H2,1-3H3,(H,22,27)/t18-,19+/m1/s1. The Labute approximate surface area is 168 Å². The molecule has 0 bridgehead atoms. The van der Waals surface area contributed by atoms with Crippen LogP contribution in [0.5, 0.6) is 0 Å². The molecule has 3 aromatic rings. The van der Waals surface area contributed by atoms with Gasteiger partial charge in [-0.1, -0.05) is 61.2 Å². The Bertz CT molecular complexity index is 1000. The molecule has 0 unspecified atom stereocenters. The van der Waals surface area contributed by atoms with Crippen LogP contribution < -0.4 is 10.7 Å². The van der Waals surface area contributed by atoms with E-state index < -0.39 is 0 Å². The van der Waals surface area contributed by atoms with Crippen LogP contribution in [0.25, 0.3) is 0 Å². The largest absolute Gasteiger partial charge is 0.325 e. The predicted octanol–water partition coefficient (Wildman–Crippen LogP) is 3.86. The molecular formula is C21H23N5OS. The van der Waals surface area contributed by atoms with Crippen LogP contribution in [0.2, 0.25) is 0 Å². The molecule has 0 aliphatic carbocycles. The van der Waals surface area contributed by atoms with E-state index in [0.29, 0.717) is 5.16 Å². The molecule has 0 fully saturated rings. The second kappa shape index (κ2) is 7.67. The fraction of sp³-hybridized carbons (Fsp3) is 0.286. The van der Waals surface area contributed by atoms with E-state index in [9.17, 15) is 4.79 Å². The van der Waals surface area contributed by atoms with E-state index in [1.165, 1.54) is 11.8 Å². The Morgan fingerprint density at radius 3 is 2.68 bits per heavy atom. The third kappa shape index (κ3) is 3.38. The average molecular weight is 394 g/mol. The van der Waals surface area contributed by atoms with Crippen molar-refractivity contribution in [2.45, 2.75) is 43.6 Å². The van der Waals surface area contributed by atoms with Crippen LogP contribution in [0, 0.1) is 13.8 Å². The number of aryl methyl sites for hydroxylation is 2. The molecule has 4 rings (SSSR count). The number of hydrogen-bond donors (Lipinski definition) is 2. The highest BCUT2D eigenvalue weighted by Gasteiger charge is 2.37. The molecule has 144 valence electrons. The lowest BCUT2D eigenvalue weighted by Crippen LogP contribution is -2.41. The van der Waals surface area contributed by atoms with Crippen LogP contribution in [0.3, 0.4) is 0 Å². The van der Waals surface area contributed by atoms with Gasteiger partial charge in [-0.3, -0.25) is 4.79 Å². The van der Waals surface area contributed by atoms with E-state index >= 15 is 0 Å². The number of hydrogen-bond acceptors (Lipinski definition) is 5. The fourth-order valence-corrected chi connectivity index (χ4v) is 4.43. The van der Waals surface area contributed by atoms with Gasteiger partial charge in [0.1, 0.15) is 5.25 Å². The lowest BCUT2D eigenvalue weighted by atomic mass is 10.0. The van der Waals surface area contributed by atoms with Crippen molar-refractivity contribution in [2.75, 3.05) is 10.7 Å². The SMILES string of the molecule is CCc1nnc2n1N[C@H](c1ccccc1)[C@@H](C(=O)Nc1cccc(C)c1C)S2. The smallest absolute Gasteiger partial charge is 0.240 e. The number of rotatable bonds is 4. The number of amides is 1. The predicted molar refractivity (Wildman–Crippen MR) is 112 cm³/mol. The van der Waals surface area contributed by atoms with Crippen molar-refractivity contribution in [3.8, 4) is 0 Å². The molecule has 2 aromatic carbocycles. The van der Waals surface area contributed by atoms with E-state index in [-0.39, 0.29) is 17.2 Å². The summed E-state index contributed by atoms with van der Waals surface area (Å²) in [5, 5.41) is 12.0. The molecule has 7 heteroatoms. The Morgan fingerprint density at radius 1 is 1.14 bits per heavy atom. The maximum atomic E-state index is 13.3. The van der Waals surface area contributed by atoms with Crippen LogP contribution in [-0.4, -0.2) is 26.0 Å². The van der Waals surface area contributed by atoms with Gasteiger partial charge in [-0.2, -0.15) is 0 Å². The molecule has 2 heterocycles. The number of nitrogens with zero attached hydrogens (tertiary/aromatic N) is 3. The maximum absolute atomic E-state index is 13.3. The highest BCUT2D eigenvalue weighted by molar-refractivity contribution is 8.00. The summed E-state index contributed by atoms with van der Waals surface area (Å²) < 4.78 is 1.91. The van der Waals surface area contributed by atoms with Gasteiger partial charge in [0.25, 0.3) is 0 Å². The first-order chi connectivity index (χ1) is 13.6. The zero-order valence-electron chi connectivity index (χ0n) is 16.1. The molecule has 6 nitrogen and oxygen atoms in total. The summed E-state index contributed by atoms with van der Waals surface area (Å²) in [6.07, 6.45) is 0.765. The van der Waals surface area contributed by atoms with Gasteiger partial charge in [-0.05, 0) is 36.6 Å². The summed E-state index contributed by atoms with van der Waals surface area (Å²) in [6.45, 7) is 6.11. The Hall–Kier alpha value is -2.80. The normalized spacial score (nSPS) is 18.2. The van der Waals surface area contributed by atoms with Crippen LogP contribution >= 0.6 is 11.8 Å². The molecule has 1 aromatic heterocycles. The van der Waals surface area contributed by atoms with Crippen LogP contribution in [0.1, 0.15) is 35.5 Å². The number of thioether (sulfide) groups is 1. The van der Waals surface area contributed by atoms with E-state index in [1.807, 2.05) is 74.0 Å². The van der Waals surface area contributed by atoms with Gasteiger partial charge in [0.15, 0.2) is 5.82 Å². The number of aromatic nitrogens is 3. The van der Waals surface area contributed by atoms with E-state index in [4.69, 9.17) is 0 Å². The Kier molecular flexibility index (Phi) is 5.09. The number of anilines is 1. The van der Waals surface area contributed by atoms with Crippen molar-refractivity contribution >= 4 is 23.4 Å². The number of carbonyl (C=O) groups excluding carboxylic acids is 1. The molecule has 0 saturated carbocycles. The fourth-order valence-electron chi connectivity index (χ4n) is 3.33. The van der Waals surface area contributed by atoms with E-state index in [2.05, 4.69) is 20.9 Å². The number of nitrogens with one attached hydrogen (secondary N) is 2. The molecular weight excluding hydrogens is 370 g/mol. The van der Waals surface area contributed by atoms with Gasteiger partial charge in [0.05, 0.1) is 6.04 Å². The summed E-state index contributed by atoms with van der Waals surface area (Å²) in [5.41, 5.74) is 7.60. The van der Waals surface area contributed by atoms with Crippen molar-refractivity contribution < 1.29 is 4.79 Å². The van der Waals surface area contributed by atoms with Crippen molar-refractivity contribution in [1.29, 1.82) is 0 Å². The molecule has 0 radical (unpaired) electrons. The monoisotopic (exact) mass is 393 g/mol. The van der Waals surface area contributed by atoms with Gasteiger partial charge >= 0.3 is 0 Å². The highest BCUT2D eigenvalue weighted by Crippen LogP contribution is 2.37. The minimum Gasteiger partial charge on any atom is -0.325 e. The third-order valence-electron chi connectivity index (χ3n) is 5.10. The van der Waals surface area contributed by atoms with Gasteiger partial charge in [0.2, 0.25) is 11.1 Å². The summed E-state index contributed by atoms with van der Waals surface area (Å²) in [4.78, 5) is 13.3. The van der Waals surface area contributed by atoms with Crippen LogP contribution in [0.15, 0.2) is 53.7 Å². The van der Waals surface area contributed by atoms with Crippen molar-refractivity contribution in [3.05, 3.63) is 71.0 Å². The average Bonchev–Trinajstić information content (AvgIpc) is 3.13. The summed E-state index contributed by atoms with van der Waals surface area (Å²) in [6, 6.07) is 15.8. The van der Waals surface area contributed by atoms with Crippen molar-refractivity contribution in [2.24, 2.45) is 0 Å². The first-order valence-corrected chi connectivity index (χ1v) is 10.3. The molecule has 1 amide bonds. The lowest BCUT2D eigenvalue weighted by molar-refractivity contribution is -0.116. The zero-order chi connectivity index (χ0) is 19.7. The summed E-state index contributed by atoms with van der Waals surface area (Å²) in [5.74, 6) is 0.809. The number of carbonyl (C=O) groups is 1. The molecule has 2 N–H and O–H groups in total. The van der Waals surface area contributed by atoms with E-state index in [1.54, 1.807) is 0 Å². The van der Waals surface area contributed by atoms with Crippen LogP contribution in [-0.2, 0) is 11.2 Å². The molecule has 1 aliphatic heterocycles. The first-order valence-electron chi connectivity index (χ1n) is 9.38. The van der Waals surface area contributed by atoms with Gasteiger partial charge in [-0.15, -0.1) is 10.2 Å². The molecule has 0 spiro atoms. The number of fused-ring (bicyclic) bond motifs is 1. The first kappa shape index (κ1) is 18.6. The third-order valence-corrected chi connectivity index (χ3v) is 6.31. The Morgan fingerprint density at radius 2 is 1.93 bits per heavy atom. The van der Waals surface area contributed by atoms with Crippen molar-refractivity contribution in [3.63, 3.8) is 0 Å². The highest BCUT2D eigenvalue weighted by atomic mass is 32.2. The van der Waals surface area contributed by atoms with Gasteiger partial charge < -0.3 is 10.7 Å². The maximum Gasteiger partial charge on any atom is 0.240 e. The molecule has 2 atom stereocenters. The summed E-state index contributed by atoms with van der Waals surface area (Å²) in [7, 11) is 0.